The molecular formula is C15H18N4O. The molecule has 2 aromatic rings. The van der Waals surface area contributed by atoms with E-state index >= 15 is 0 Å². The van der Waals surface area contributed by atoms with E-state index in [0.717, 1.165) is 22.5 Å². The van der Waals surface area contributed by atoms with Crippen LogP contribution in [0.3, 0.4) is 0 Å². The zero-order valence-electron chi connectivity index (χ0n) is 11.5. The fourth-order valence-electron chi connectivity index (χ4n) is 1.71. The minimum Gasteiger partial charge on any atom is -0.297 e. The normalized spacial score (nSPS) is 9.70. The zero-order chi connectivity index (χ0) is 14.4. The number of hydrogen-bond donors (Lipinski definition) is 4. The minimum absolute atomic E-state index is 0.364. The lowest BCUT2D eigenvalue weighted by Gasteiger charge is -2.13. The largest absolute Gasteiger partial charge is 0.352 e. The molecule has 0 aliphatic rings. The smallest absolute Gasteiger partial charge is 0.297 e. The zero-order valence-corrected chi connectivity index (χ0v) is 11.5. The van der Waals surface area contributed by atoms with Gasteiger partial charge in [0.15, 0.2) is 0 Å². The monoisotopic (exact) mass is 270 g/mol. The fourth-order valence-corrected chi connectivity index (χ4v) is 1.71. The van der Waals surface area contributed by atoms with E-state index in [4.69, 9.17) is 0 Å². The van der Waals surface area contributed by atoms with Crippen LogP contribution in [0.25, 0.3) is 0 Å². The van der Waals surface area contributed by atoms with Crippen molar-refractivity contribution in [1.82, 2.24) is 10.9 Å². The number of nitrogens with one attached hydrogen (secondary N) is 4. The molecule has 5 nitrogen and oxygen atoms in total. The number of hydrogen-bond acceptors (Lipinski definition) is 3. The number of carbonyl (C=O) groups excluding carboxylic acids is 1. The van der Waals surface area contributed by atoms with E-state index in [-0.39, 0.29) is 6.03 Å². The van der Waals surface area contributed by atoms with Gasteiger partial charge in [-0.2, -0.15) is 0 Å². The second kappa shape index (κ2) is 6.47. The maximum absolute atomic E-state index is 11.7. The Kier molecular flexibility index (Phi) is 4.44. The molecule has 0 aromatic heterocycles. The van der Waals surface area contributed by atoms with Crippen molar-refractivity contribution in [1.29, 1.82) is 0 Å². The van der Waals surface area contributed by atoms with E-state index in [9.17, 15) is 4.79 Å². The van der Waals surface area contributed by atoms with Gasteiger partial charge < -0.3 is 0 Å². The van der Waals surface area contributed by atoms with Gasteiger partial charge in [-0.1, -0.05) is 36.4 Å². The number of rotatable bonds is 4. The van der Waals surface area contributed by atoms with Crippen LogP contribution in [0.4, 0.5) is 16.2 Å². The topological polar surface area (TPSA) is 65.2 Å². The number of hydrazine groups is 2. The number of amides is 2. The van der Waals surface area contributed by atoms with Gasteiger partial charge in [-0.05, 0) is 37.1 Å². The van der Waals surface area contributed by atoms with Crippen LogP contribution in [0.5, 0.6) is 0 Å². The van der Waals surface area contributed by atoms with Crippen molar-refractivity contribution >= 4 is 17.4 Å². The van der Waals surface area contributed by atoms with Gasteiger partial charge in [0.2, 0.25) is 0 Å². The van der Waals surface area contributed by atoms with Gasteiger partial charge in [0.05, 0.1) is 11.4 Å². The highest BCUT2D eigenvalue weighted by molar-refractivity contribution is 5.77. The molecule has 0 bridgehead atoms. The first-order valence-corrected chi connectivity index (χ1v) is 6.36. The van der Waals surface area contributed by atoms with Crippen molar-refractivity contribution in [2.24, 2.45) is 0 Å². The van der Waals surface area contributed by atoms with Crippen molar-refractivity contribution in [3.8, 4) is 0 Å². The van der Waals surface area contributed by atoms with Crippen LogP contribution >= 0.6 is 0 Å². The summed E-state index contributed by atoms with van der Waals surface area (Å²) in [4.78, 5) is 11.7. The van der Waals surface area contributed by atoms with E-state index in [2.05, 4.69) is 21.7 Å². The molecule has 2 rings (SSSR count). The molecule has 0 saturated carbocycles. The first-order valence-electron chi connectivity index (χ1n) is 6.36. The third-order valence-corrected chi connectivity index (χ3v) is 2.91. The van der Waals surface area contributed by atoms with Crippen LogP contribution in [0.1, 0.15) is 11.1 Å². The Morgan fingerprint density at radius 3 is 1.55 bits per heavy atom. The Bertz CT molecular complexity index is 546. The summed E-state index contributed by atoms with van der Waals surface area (Å²) in [5.74, 6) is 0. The van der Waals surface area contributed by atoms with E-state index in [1.807, 2.05) is 62.4 Å². The average Bonchev–Trinajstić information content (AvgIpc) is 2.45. The van der Waals surface area contributed by atoms with Gasteiger partial charge >= 0.3 is 6.03 Å². The van der Waals surface area contributed by atoms with Gasteiger partial charge in [0.1, 0.15) is 0 Å². The number of aryl methyl sites for hydroxylation is 2. The van der Waals surface area contributed by atoms with E-state index < -0.39 is 0 Å². The standard InChI is InChI=1S/C15H18N4O/c1-11-7-3-5-9-13(11)16-18-15(20)19-17-14-10-6-4-8-12(14)2/h3-10,16-17H,1-2H3,(H2,18,19,20). The Labute approximate surface area is 118 Å². The summed E-state index contributed by atoms with van der Waals surface area (Å²) >= 11 is 0. The summed E-state index contributed by atoms with van der Waals surface area (Å²) in [6, 6.07) is 15.0. The van der Waals surface area contributed by atoms with Gasteiger partial charge in [-0.3, -0.25) is 21.7 Å². The van der Waals surface area contributed by atoms with Gasteiger partial charge in [0, 0.05) is 0 Å². The Hall–Kier alpha value is -2.69. The maximum Gasteiger partial charge on any atom is 0.352 e. The van der Waals surface area contributed by atoms with Crippen LogP contribution in [0.2, 0.25) is 0 Å². The van der Waals surface area contributed by atoms with Crippen LogP contribution in [0.15, 0.2) is 48.5 Å². The second-order valence-electron chi connectivity index (χ2n) is 4.46. The summed E-state index contributed by atoms with van der Waals surface area (Å²) in [7, 11) is 0. The third-order valence-electron chi connectivity index (χ3n) is 2.91. The number of para-hydroxylation sites is 2. The van der Waals surface area contributed by atoms with E-state index in [1.165, 1.54) is 0 Å². The molecule has 0 radical (unpaired) electrons. The molecule has 0 aliphatic carbocycles. The van der Waals surface area contributed by atoms with Crippen molar-refractivity contribution in [3.05, 3.63) is 59.7 Å². The van der Waals surface area contributed by atoms with Crippen LogP contribution < -0.4 is 21.7 Å². The number of anilines is 2. The minimum atomic E-state index is -0.364. The molecule has 0 heterocycles. The molecule has 0 saturated heterocycles. The van der Waals surface area contributed by atoms with Crippen LogP contribution in [-0.2, 0) is 0 Å². The van der Waals surface area contributed by atoms with E-state index in [0.29, 0.717) is 0 Å². The van der Waals surface area contributed by atoms with Crippen molar-refractivity contribution in [2.45, 2.75) is 13.8 Å². The maximum atomic E-state index is 11.7. The Morgan fingerprint density at radius 1 is 0.750 bits per heavy atom. The highest BCUT2D eigenvalue weighted by Gasteiger charge is 2.01. The van der Waals surface area contributed by atoms with Crippen molar-refractivity contribution in [2.75, 3.05) is 10.9 Å². The molecule has 0 aliphatic heterocycles. The molecular weight excluding hydrogens is 252 g/mol. The molecule has 2 amide bonds. The summed E-state index contributed by atoms with van der Waals surface area (Å²) in [6.07, 6.45) is 0. The molecule has 104 valence electrons. The Balaban J connectivity index is 1.82. The van der Waals surface area contributed by atoms with Crippen molar-refractivity contribution < 1.29 is 4.79 Å². The number of benzene rings is 2. The number of urea groups is 1. The summed E-state index contributed by atoms with van der Waals surface area (Å²) in [5, 5.41) is 0. The second-order valence-corrected chi connectivity index (χ2v) is 4.46. The molecule has 0 unspecified atom stereocenters. The molecule has 2 aromatic carbocycles. The average molecular weight is 270 g/mol. The quantitative estimate of drug-likeness (QED) is 0.646. The fraction of sp³-hybridized carbons (Fsp3) is 0.133. The molecule has 0 fully saturated rings. The SMILES string of the molecule is Cc1ccccc1NNC(=O)NNc1ccccc1C. The molecule has 5 heteroatoms. The molecule has 0 atom stereocenters. The summed E-state index contributed by atoms with van der Waals surface area (Å²) < 4.78 is 0. The van der Waals surface area contributed by atoms with Gasteiger partial charge in [-0.25, -0.2) is 4.79 Å². The number of carbonyl (C=O) groups is 1. The predicted molar refractivity (Wildman–Crippen MR) is 81.3 cm³/mol. The Morgan fingerprint density at radius 2 is 1.15 bits per heavy atom. The lowest BCUT2D eigenvalue weighted by atomic mass is 10.2. The third kappa shape index (κ3) is 3.65. The van der Waals surface area contributed by atoms with Gasteiger partial charge in [0.25, 0.3) is 0 Å². The van der Waals surface area contributed by atoms with Crippen LogP contribution in [-0.4, -0.2) is 6.03 Å². The molecule has 20 heavy (non-hydrogen) atoms. The predicted octanol–water partition coefficient (Wildman–Crippen LogP) is 2.96. The van der Waals surface area contributed by atoms with Crippen LogP contribution in [0, 0.1) is 13.8 Å². The van der Waals surface area contributed by atoms with E-state index in [1.54, 1.807) is 0 Å². The highest BCUT2D eigenvalue weighted by Crippen LogP contribution is 2.12. The highest BCUT2D eigenvalue weighted by atomic mass is 16.2. The first kappa shape index (κ1) is 13.7. The molecule has 4 N–H and O–H groups in total. The summed E-state index contributed by atoms with van der Waals surface area (Å²) in [5.41, 5.74) is 14.7. The van der Waals surface area contributed by atoms with Gasteiger partial charge in [-0.15, -0.1) is 0 Å². The van der Waals surface area contributed by atoms with Crippen molar-refractivity contribution in [3.63, 3.8) is 0 Å². The lowest BCUT2D eigenvalue weighted by molar-refractivity contribution is 0.244. The lowest BCUT2D eigenvalue weighted by Crippen LogP contribution is -2.42. The summed E-state index contributed by atoms with van der Waals surface area (Å²) in [6.45, 7) is 3.93. The molecule has 0 spiro atoms. The first-order chi connectivity index (χ1) is 9.66.